The van der Waals surface area contributed by atoms with Crippen molar-refractivity contribution in [3.63, 3.8) is 0 Å². The highest BCUT2D eigenvalue weighted by atomic mass is 15.1. The minimum absolute atomic E-state index is 1.05. The number of hydrogen-bond acceptors (Lipinski definition) is 1. The van der Waals surface area contributed by atoms with E-state index in [1.54, 1.807) is 0 Å². The van der Waals surface area contributed by atoms with Crippen LogP contribution in [0.3, 0.4) is 0 Å². The first-order chi connectivity index (χ1) is 11.1. The van der Waals surface area contributed by atoms with Crippen LogP contribution in [0.15, 0.2) is 48.5 Å². The van der Waals surface area contributed by atoms with Crippen molar-refractivity contribution in [2.24, 2.45) is 0 Å². The van der Waals surface area contributed by atoms with Crippen LogP contribution in [0.25, 0.3) is 22.2 Å². The van der Waals surface area contributed by atoms with Crippen molar-refractivity contribution < 1.29 is 0 Å². The van der Waals surface area contributed by atoms with Gasteiger partial charge in [0.05, 0.1) is 0 Å². The molecule has 0 atom stereocenters. The second kappa shape index (κ2) is 6.59. The first kappa shape index (κ1) is 15.8. The molecule has 0 aliphatic rings. The summed E-state index contributed by atoms with van der Waals surface area (Å²) in [6, 6.07) is 17.8. The molecule has 0 aliphatic carbocycles. The van der Waals surface area contributed by atoms with Gasteiger partial charge in [-0.3, -0.25) is 0 Å². The molecule has 0 fully saturated rings. The van der Waals surface area contributed by atoms with E-state index >= 15 is 0 Å². The third-order valence-corrected chi connectivity index (χ3v) is 4.46. The maximum Gasteiger partial charge on any atom is 0.0493 e. The topological polar surface area (TPSA) is 8.17 Å². The summed E-state index contributed by atoms with van der Waals surface area (Å²) < 4.78 is 2.48. The van der Waals surface area contributed by atoms with Crippen LogP contribution >= 0.6 is 0 Å². The van der Waals surface area contributed by atoms with Crippen molar-refractivity contribution in [1.82, 2.24) is 9.47 Å². The maximum atomic E-state index is 2.48. The highest BCUT2D eigenvalue weighted by molar-refractivity contribution is 5.87. The molecule has 2 heteroatoms. The summed E-state index contributed by atoms with van der Waals surface area (Å²) in [5.41, 5.74) is 6.68. The third-order valence-electron chi connectivity index (χ3n) is 4.46. The van der Waals surface area contributed by atoms with Crippen LogP contribution in [0.4, 0.5) is 0 Å². The smallest absolute Gasteiger partial charge is 0.0493 e. The van der Waals surface area contributed by atoms with Gasteiger partial charge in [0, 0.05) is 28.7 Å². The molecule has 3 rings (SSSR count). The summed E-state index contributed by atoms with van der Waals surface area (Å²) >= 11 is 0. The molecule has 0 bridgehead atoms. The Kier molecular flexibility index (Phi) is 4.53. The van der Waals surface area contributed by atoms with Gasteiger partial charge < -0.3 is 9.47 Å². The van der Waals surface area contributed by atoms with Gasteiger partial charge in [-0.15, -0.1) is 0 Å². The molecular weight excluding hydrogens is 280 g/mol. The molecule has 3 aromatic rings. The molecule has 0 saturated carbocycles. The van der Waals surface area contributed by atoms with E-state index in [1.165, 1.54) is 33.3 Å². The molecule has 23 heavy (non-hydrogen) atoms. The fraction of sp³-hybridized carbons (Fsp3) is 0.333. The third kappa shape index (κ3) is 3.32. The van der Waals surface area contributed by atoms with E-state index in [2.05, 4.69) is 85.9 Å². The Hall–Kier alpha value is -2.06. The van der Waals surface area contributed by atoms with Gasteiger partial charge in [0.25, 0.3) is 0 Å². The molecule has 0 spiro atoms. The normalized spacial score (nSPS) is 11.5. The number of aryl methyl sites for hydroxylation is 3. The van der Waals surface area contributed by atoms with Crippen molar-refractivity contribution in [2.75, 3.05) is 20.6 Å². The van der Waals surface area contributed by atoms with Crippen LogP contribution in [-0.4, -0.2) is 30.1 Å². The Balaban J connectivity index is 2.07. The standard InChI is InChI=1S/C21H26N2/c1-16-10-11-19(17(2)14-16)21-15-18-8-5-6-9-20(18)23(21)13-7-12-22(3)4/h5-6,8-11,14-15H,7,12-13H2,1-4H3. The fourth-order valence-electron chi connectivity index (χ4n) is 3.32. The molecule has 1 heterocycles. The van der Waals surface area contributed by atoms with E-state index in [0.717, 1.165) is 19.5 Å². The number of rotatable bonds is 5. The molecule has 0 saturated heterocycles. The van der Waals surface area contributed by atoms with Crippen molar-refractivity contribution in [1.29, 1.82) is 0 Å². The lowest BCUT2D eigenvalue weighted by molar-refractivity contribution is 0.388. The monoisotopic (exact) mass is 306 g/mol. The molecule has 0 aliphatic heterocycles. The van der Waals surface area contributed by atoms with E-state index in [1.807, 2.05) is 0 Å². The molecule has 2 nitrogen and oxygen atoms in total. The Labute approximate surface area is 139 Å². The Bertz CT molecular complexity index is 812. The quantitative estimate of drug-likeness (QED) is 0.652. The van der Waals surface area contributed by atoms with Crippen molar-refractivity contribution >= 4 is 10.9 Å². The van der Waals surface area contributed by atoms with Gasteiger partial charge in [-0.05, 0) is 58.6 Å². The Morgan fingerprint density at radius 3 is 2.48 bits per heavy atom. The van der Waals surface area contributed by atoms with E-state index in [9.17, 15) is 0 Å². The molecule has 1 aromatic heterocycles. The summed E-state index contributed by atoms with van der Waals surface area (Å²) in [6.07, 6.45) is 1.16. The van der Waals surface area contributed by atoms with Crippen molar-refractivity contribution in [3.8, 4) is 11.3 Å². The van der Waals surface area contributed by atoms with Gasteiger partial charge in [-0.2, -0.15) is 0 Å². The summed E-state index contributed by atoms with van der Waals surface area (Å²) in [5.74, 6) is 0. The number of para-hydroxylation sites is 1. The van der Waals surface area contributed by atoms with Crippen LogP contribution < -0.4 is 0 Å². The summed E-state index contributed by atoms with van der Waals surface area (Å²) in [4.78, 5) is 2.25. The zero-order chi connectivity index (χ0) is 16.4. The van der Waals surface area contributed by atoms with Gasteiger partial charge in [0.2, 0.25) is 0 Å². The van der Waals surface area contributed by atoms with Crippen molar-refractivity contribution in [3.05, 3.63) is 59.7 Å². The summed E-state index contributed by atoms with van der Waals surface area (Å²) in [7, 11) is 4.28. The Morgan fingerprint density at radius 2 is 1.74 bits per heavy atom. The summed E-state index contributed by atoms with van der Waals surface area (Å²) in [5, 5.41) is 1.33. The first-order valence-electron chi connectivity index (χ1n) is 8.37. The van der Waals surface area contributed by atoms with Crippen molar-refractivity contribution in [2.45, 2.75) is 26.8 Å². The minimum Gasteiger partial charge on any atom is -0.340 e. The number of nitrogens with zero attached hydrogens (tertiary/aromatic N) is 2. The van der Waals surface area contributed by atoms with E-state index in [4.69, 9.17) is 0 Å². The van der Waals surface area contributed by atoms with Crippen LogP contribution in [0.2, 0.25) is 0 Å². The van der Waals surface area contributed by atoms with Gasteiger partial charge in [-0.1, -0.05) is 42.0 Å². The maximum absolute atomic E-state index is 2.48. The zero-order valence-corrected chi connectivity index (χ0v) is 14.6. The van der Waals surface area contributed by atoms with Crippen LogP contribution in [0.1, 0.15) is 17.5 Å². The highest BCUT2D eigenvalue weighted by Gasteiger charge is 2.12. The predicted molar refractivity (Wildman–Crippen MR) is 100 cm³/mol. The zero-order valence-electron chi connectivity index (χ0n) is 14.6. The Morgan fingerprint density at radius 1 is 0.957 bits per heavy atom. The lowest BCUT2D eigenvalue weighted by Gasteiger charge is -2.15. The molecule has 120 valence electrons. The largest absolute Gasteiger partial charge is 0.340 e. The number of hydrogen-bond donors (Lipinski definition) is 0. The van der Waals surface area contributed by atoms with E-state index in [-0.39, 0.29) is 0 Å². The van der Waals surface area contributed by atoms with Gasteiger partial charge >= 0.3 is 0 Å². The van der Waals surface area contributed by atoms with Crippen LogP contribution in [0.5, 0.6) is 0 Å². The number of aromatic nitrogens is 1. The van der Waals surface area contributed by atoms with Crippen LogP contribution in [0, 0.1) is 13.8 Å². The first-order valence-corrected chi connectivity index (χ1v) is 8.37. The molecule has 0 radical (unpaired) electrons. The lowest BCUT2D eigenvalue weighted by atomic mass is 10.0. The summed E-state index contributed by atoms with van der Waals surface area (Å²) in [6.45, 7) is 6.53. The number of fused-ring (bicyclic) bond motifs is 1. The van der Waals surface area contributed by atoms with Gasteiger partial charge in [0.1, 0.15) is 0 Å². The SMILES string of the molecule is Cc1ccc(-c2cc3ccccc3n2CCCN(C)C)c(C)c1. The second-order valence-electron chi connectivity index (χ2n) is 6.72. The minimum atomic E-state index is 1.05. The highest BCUT2D eigenvalue weighted by Crippen LogP contribution is 2.31. The average molecular weight is 306 g/mol. The van der Waals surface area contributed by atoms with E-state index < -0.39 is 0 Å². The molecule has 0 unspecified atom stereocenters. The molecule has 2 aromatic carbocycles. The average Bonchev–Trinajstić information content (AvgIpc) is 2.86. The predicted octanol–water partition coefficient (Wildman–Crippen LogP) is 4.88. The molecular formula is C21H26N2. The number of benzene rings is 2. The molecule has 0 N–H and O–H groups in total. The fourth-order valence-corrected chi connectivity index (χ4v) is 3.32. The van der Waals surface area contributed by atoms with Crippen LogP contribution in [-0.2, 0) is 6.54 Å². The molecule has 0 amide bonds. The lowest BCUT2D eigenvalue weighted by Crippen LogP contribution is -2.15. The van der Waals surface area contributed by atoms with E-state index in [0.29, 0.717) is 0 Å². The van der Waals surface area contributed by atoms with Gasteiger partial charge in [-0.25, -0.2) is 0 Å². The van der Waals surface area contributed by atoms with Gasteiger partial charge in [0.15, 0.2) is 0 Å². The second-order valence-corrected chi connectivity index (χ2v) is 6.72.